The van der Waals surface area contributed by atoms with Crippen molar-refractivity contribution in [1.29, 1.82) is 0 Å². The lowest BCUT2D eigenvalue weighted by Crippen LogP contribution is -2.09. The van der Waals surface area contributed by atoms with E-state index in [1.54, 1.807) is 7.11 Å². The van der Waals surface area contributed by atoms with Crippen LogP contribution >= 0.6 is 0 Å². The molecule has 1 aromatic heterocycles. The highest BCUT2D eigenvalue weighted by Crippen LogP contribution is 2.27. The molecule has 0 saturated heterocycles. The van der Waals surface area contributed by atoms with Gasteiger partial charge in [-0.2, -0.15) is 0 Å². The van der Waals surface area contributed by atoms with Crippen molar-refractivity contribution in [2.45, 2.75) is 27.0 Å². The van der Waals surface area contributed by atoms with Crippen LogP contribution < -0.4 is 9.47 Å². The van der Waals surface area contributed by atoms with Crippen molar-refractivity contribution >= 4 is 11.0 Å². The summed E-state index contributed by atoms with van der Waals surface area (Å²) in [6.45, 7) is 5.41. The van der Waals surface area contributed by atoms with Gasteiger partial charge in [0.05, 0.1) is 18.1 Å². The normalized spacial score (nSPS) is 11.0. The third-order valence-corrected chi connectivity index (χ3v) is 4.99. The molecular weight excluding hydrogens is 348 g/mol. The van der Waals surface area contributed by atoms with Crippen LogP contribution in [0.1, 0.15) is 22.5 Å². The fraction of sp³-hybridized carbons (Fsp3) is 0.208. The summed E-state index contributed by atoms with van der Waals surface area (Å²) in [7, 11) is 1.65. The number of fused-ring (bicyclic) bond motifs is 1. The van der Waals surface area contributed by atoms with Crippen molar-refractivity contribution in [2.75, 3.05) is 7.11 Å². The molecule has 0 radical (unpaired) electrons. The molecule has 142 valence electrons. The highest BCUT2D eigenvalue weighted by Gasteiger charge is 2.13. The number of rotatable bonds is 6. The number of ether oxygens (including phenoxy) is 2. The minimum atomic E-state index is 0.375. The molecule has 4 aromatic rings. The van der Waals surface area contributed by atoms with E-state index in [1.165, 1.54) is 16.7 Å². The first-order valence-electron chi connectivity index (χ1n) is 9.42. The first-order valence-corrected chi connectivity index (χ1v) is 9.42. The largest absolute Gasteiger partial charge is 0.493 e. The summed E-state index contributed by atoms with van der Waals surface area (Å²) >= 11 is 0. The quantitative estimate of drug-likeness (QED) is 0.461. The van der Waals surface area contributed by atoms with E-state index in [0.717, 1.165) is 34.9 Å². The Labute approximate surface area is 165 Å². The molecule has 0 saturated carbocycles. The molecule has 4 nitrogen and oxygen atoms in total. The first kappa shape index (κ1) is 18.1. The van der Waals surface area contributed by atoms with E-state index in [-0.39, 0.29) is 0 Å². The van der Waals surface area contributed by atoms with Gasteiger partial charge >= 0.3 is 0 Å². The number of para-hydroxylation sites is 4. The first-order chi connectivity index (χ1) is 13.7. The molecule has 3 aromatic carbocycles. The maximum absolute atomic E-state index is 6.07. The lowest BCUT2D eigenvalue weighted by atomic mass is 10.1. The van der Waals surface area contributed by atoms with Crippen molar-refractivity contribution in [3.05, 3.63) is 89.2 Å². The Hall–Kier alpha value is -3.27. The van der Waals surface area contributed by atoms with Crippen LogP contribution in [0.2, 0.25) is 0 Å². The van der Waals surface area contributed by atoms with E-state index < -0.39 is 0 Å². The molecule has 0 fully saturated rings. The molecule has 4 rings (SSSR count). The van der Waals surface area contributed by atoms with Gasteiger partial charge in [0.25, 0.3) is 0 Å². The highest BCUT2D eigenvalue weighted by atomic mass is 16.5. The van der Waals surface area contributed by atoms with Crippen molar-refractivity contribution in [2.24, 2.45) is 0 Å². The fourth-order valence-corrected chi connectivity index (χ4v) is 3.43. The smallest absolute Gasteiger partial charge is 0.161 e. The number of hydrogen-bond acceptors (Lipinski definition) is 3. The molecular formula is C24H24N2O2. The summed E-state index contributed by atoms with van der Waals surface area (Å²) in [5.74, 6) is 2.34. The van der Waals surface area contributed by atoms with Gasteiger partial charge in [-0.05, 0) is 49.2 Å². The van der Waals surface area contributed by atoms with E-state index in [1.807, 2.05) is 36.4 Å². The monoisotopic (exact) mass is 372 g/mol. The molecule has 0 amide bonds. The minimum Gasteiger partial charge on any atom is -0.493 e. The summed E-state index contributed by atoms with van der Waals surface area (Å²) in [5.41, 5.74) is 5.92. The molecule has 0 N–H and O–H groups in total. The summed E-state index contributed by atoms with van der Waals surface area (Å²) in [4.78, 5) is 4.83. The molecule has 0 atom stereocenters. The fourth-order valence-electron chi connectivity index (χ4n) is 3.43. The lowest BCUT2D eigenvalue weighted by molar-refractivity contribution is 0.273. The van der Waals surface area contributed by atoms with Crippen LogP contribution in [0, 0.1) is 13.8 Å². The van der Waals surface area contributed by atoms with Crippen LogP contribution in [0.3, 0.4) is 0 Å². The number of imidazole rings is 1. The van der Waals surface area contributed by atoms with Gasteiger partial charge < -0.3 is 14.0 Å². The summed E-state index contributed by atoms with van der Waals surface area (Å²) in [5, 5.41) is 0. The van der Waals surface area contributed by atoms with E-state index in [0.29, 0.717) is 6.61 Å². The maximum Gasteiger partial charge on any atom is 0.161 e. The number of nitrogens with zero attached hydrogens (tertiary/aromatic N) is 2. The molecule has 0 spiro atoms. The van der Waals surface area contributed by atoms with Crippen molar-refractivity contribution in [3.8, 4) is 11.5 Å². The van der Waals surface area contributed by atoms with Crippen molar-refractivity contribution in [1.82, 2.24) is 9.55 Å². The van der Waals surface area contributed by atoms with Crippen LogP contribution in [0.25, 0.3) is 11.0 Å². The predicted molar refractivity (Wildman–Crippen MR) is 112 cm³/mol. The summed E-state index contributed by atoms with van der Waals surface area (Å²) in [6, 6.07) is 22.5. The third-order valence-electron chi connectivity index (χ3n) is 4.99. The standard InChI is InChI=1S/C24H24N2O2/c1-17-12-13-18(2)19(14-17)15-26-21-9-5-4-8-20(21)25-24(26)16-28-23-11-7-6-10-22(23)27-3/h4-14H,15-16H2,1-3H3. The molecule has 0 aliphatic carbocycles. The topological polar surface area (TPSA) is 36.3 Å². The van der Waals surface area contributed by atoms with E-state index in [2.05, 4.69) is 48.7 Å². The molecule has 1 heterocycles. The predicted octanol–water partition coefficient (Wildman–Crippen LogP) is 5.29. The van der Waals surface area contributed by atoms with Crippen LogP contribution in [0.4, 0.5) is 0 Å². The van der Waals surface area contributed by atoms with Gasteiger partial charge in [-0.15, -0.1) is 0 Å². The van der Waals surface area contributed by atoms with Crippen LogP contribution in [-0.4, -0.2) is 16.7 Å². The molecule has 0 bridgehead atoms. The van der Waals surface area contributed by atoms with Gasteiger partial charge in [0.2, 0.25) is 0 Å². The second kappa shape index (κ2) is 7.77. The van der Waals surface area contributed by atoms with Crippen LogP contribution in [0.15, 0.2) is 66.7 Å². The highest BCUT2D eigenvalue weighted by molar-refractivity contribution is 5.76. The number of aromatic nitrogens is 2. The molecule has 0 aliphatic rings. The summed E-state index contributed by atoms with van der Waals surface area (Å²) < 4.78 is 13.7. The number of aryl methyl sites for hydroxylation is 2. The third kappa shape index (κ3) is 3.58. The SMILES string of the molecule is COc1ccccc1OCc1nc2ccccc2n1Cc1cc(C)ccc1C. The van der Waals surface area contributed by atoms with E-state index in [4.69, 9.17) is 14.5 Å². The number of benzene rings is 3. The van der Waals surface area contributed by atoms with E-state index in [9.17, 15) is 0 Å². The van der Waals surface area contributed by atoms with E-state index >= 15 is 0 Å². The second-order valence-electron chi connectivity index (χ2n) is 6.97. The summed E-state index contributed by atoms with van der Waals surface area (Å²) in [6.07, 6.45) is 0. The zero-order valence-electron chi connectivity index (χ0n) is 16.5. The van der Waals surface area contributed by atoms with Gasteiger partial charge in [-0.1, -0.05) is 48.0 Å². The van der Waals surface area contributed by atoms with Gasteiger partial charge in [0, 0.05) is 6.54 Å². The number of methoxy groups -OCH3 is 1. The molecule has 4 heteroatoms. The number of hydrogen-bond donors (Lipinski definition) is 0. The molecule has 28 heavy (non-hydrogen) atoms. The Bertz CT molecular complexity index is 1110. The zero-order valence-corrected chi connectivity index (χ0v) is 16.5. The lowest BCUT2D eigenvalue weighted by Gasteiger charge is -2.14. The zero-order chi connectivity index (χ0) is 19.5. The Morgan fingerprint density at radius 1 is 0.893 bits per heavy atom. The van der Waals surface area contributed by atoms with Gasteiger partial charge in [0.1, 0.15) is 12.4 Å². The minimum absolute atomic E-state index is 0.375. The van der Waals surface area contributed by atoms with Crippen LogP contribution in [-0.2, 0) is 13.2 Å². The van der Waals surface area contributed by atoms with Crippen molar-refractivity contribution in [3.63, 3.8) is 0 Å². The van der Waals surface area contributed by atoms with Gasteiger partial charge in [-0.25, -0.2) is 4.98 Å². The maximum atomic E-state index is 6.07. The Morgan fingerprint density at radius 3 is 2.46 bits per heavy atom. The Morgan fingerprint density at radius 2 is 1.64 bits per heavy atom. The molecule has 0 unspecified atom stereocenters. The van der Waals surface area contributed by atoms with Gasteiger partial charge in [0.15, 0.2) is 11.5 Å². The average molecular weight is 372 g/mol. The van der Waals surface area contributed by atoms with Crippen molar-refractivity contribution < 1.29 is 9.47 Å². The second-order valence-corrected chi connectivity index (χ2v) is 6.97. The van der Waals surface area contributed by atoms with Crippen LogP contribution in [0.5, 0.6) is 11.5 Å². The molecule has 0 aliphatic heterocycles. The average Bonchev–Trinajstić information content (AvgIpc) is 3.07. The Kier molecular flexibility index (Phi) is 5.02. The van der Waals surface area contributed by atoms with Gasteiger partial charge in [-0.3, -0.25) is 0 Å². The Balaban J connectivity index is 1.70.